The number of alkyl halides is 2. The highest BCUT2D eigenvalue weighted by molar-refractivity contribution is 5.67. The van der Waals surface area contributed by atoms with Crippen LogP contribution in [0.15, 0.2) is 12.5 Å². The van der Waals surface area contributed by atoms with Crippen molar-refractivity contribution in [2.24, 2.45) is 0 Å². The smallest absolute Gasteiger partial charge is 0.407 e. The number of hydrogen-bond donors (Lipinski definition) is 2. The average molecular weight is 332 g/mol. The minimum atomic E-state index is -3.07. The zero-order valence-corrected chi connectivity index (χ0v) is 14.3. The Labute approximate surface area is 135 Å². The summed E-state index contributed by atoms with van der Waals surface area (Å²) >= 11 is 0. The molecule has 6 nitrogen and oxygen atoms in total. The highest BCUT2D eigenvalue weighted by atomic mass is 19.3. The molecule has 0 aliphatic rings. The molecule has 1 aromatic heterocycles. The first-order valence-corrected chi connectivity index (χ1v) is 7.56. The van der Waals surface area contributed by atoms with Crippen LogP contribution >= 0.6 is 0 Å². The van der Waals surface area contributed by atoms with E-state index in [1.54, 1.807) is 33.3 Å². The SMILES string of the molecule is CC(C)n1cncc1CNCC(F)(F)CNC(=O)OC(C)(C)C. The molecule has 1 rings (SSSR count). The van der Waals surface area contributed by atoms with Gasteiger partial charge < -0.3 is 19.9 Å². The van der Waals surface area contributed by atoms with Crippen molar-refractivity contribution in [3.05, 3.63) is 18.2 Å². The minimum absolute atomic E-state index is 0.212. The van der Waals surface area contributed by atoms with Crippen molar-refractivity contribution in [3.8, 4) is 0 Å². The summed E-state index contributed by atoms with van der Waals surface area (Å²) < 4.78 is 34.3. The molecule has 23 heavy (non-hydrogen) atoms. The lowest BCUT2D eigenvalue weighted by Crippen LogP contribution is -2.44. The van der Waals surface area contributed by atoms with Gasteiger partial charge in [0.2, 0.25) is 0 Å². The van der Waals surface area contributed by atoms with E-state index in [4.69, 9.17) is 4.74 Å². The lowest BCUT2D eigenvalue weighted by Gasteiger charge is -2.22. The predicted molar refractivity (Wildman–Crippen MR) is 83.5 cm³/mol. The van der Waals surface area contributed by atoms with Crippen LogP contribution in [0.1, 0.15) is 46.4 Å². The Morgan fingerprint density at radius 1 is 1.35 bits per heavy atom. The summed E-state index contributed by atoms with van der Waals surface area (Å²) in [4.78, 5) is 15.4. The van der Waals surface area contributed by atoms with Crippen LogP contribution in [0, 0.1) is 0 Å². The van der Waals surface area contributed by atoms with Crippen molar-refractivity contribution in [2.75, 3.05) is 13.1 Å². The monoisotopic (exact) mass is 332 g/mol. The van der Waals surface area contributed by atoms with E-state index < -0.39 is 30.7 Å². The largest absolute Gasteiger partial charge is 0.444 e. The van der Waals surface area contributed by atoms with Crippen molar-refractivity contribution in [1.29, 1.82) is 0 Å². The summed E-state index contributed by atoms with van der Waals surface area (Å²) in [6.45, 7) is 7.94. The highest BCUT2D eigenvalue weighted by Crippen LogP contribution is 2.13. The molecule has 0 saturated heterocycles. The number of carbonyl (C=O) groups is 1. The molecule has 1 heterocycles. The zero-order chi connectivity index (χ0) is 17.7. The second kappa shape index (κ2) is 7.72. The molecule has 0 aromatic carbocycles. The normalized spacial score (nSPS) is 12.5. The van der Waals surface area contributed by atoms with Gasteiger partial charge in [0.25, 0.3) is 5.92 Å². The van der Waals surface area contributed by atoms with E-state index in [1.165, 1.54) is 0 Å². The first-order valence-electron chi connectivity index (χ1n) is 7.56. The van der Waals surface area contributed by atoms with Gasteiger partial charge in [-0.1, -0.05) is 0 Å². The minimum Gasteiger partial charge on any atom is -0.444 e. The topological polar surface area (TPSA) is 68.2 Å². The van der Waals surface area contributed by atoms with Crippen molar-refractivity contribution < 1.29 is 18.3 Å². The third-order valence-electron chi connectivity index (χ3n) is 2.88. The van der Waals surface area contributed by atoms with Gasteiger partial charge in [-0.2, -0.15) is 0 Å². The summed E-state index contributed by atoms with van der Waals surface area (Å²) in [5.74, 6) is -3.07. The zero-order valence-electron chi connectivity index (χ0n) is 14.3. The van der Waals surface area contributed by atoms with Crippen LogP contribution in [0.4, 0.5) is 13.6 Å². The van der Waals surface area contributed by atoms with Crippen LogP contribution in [0.25, 0.3) is 0 Å². The summed E-state index contributed by atoms with van der Waals surface area (Å²) in [6, 6.07) is 0.212. The lowest BCUT2D eigenvalue weighted by molar-refractivity contribution is -0.00387. The standard InChI is InChI=1S/C15H26F2N4O2/c1-11(2)21-10-19-7-12(21)6-18-8-15(16,17)9-20-13(22)23-14(3,4)5/h7,10-11,18H,6,8-9H2,1-5H3,(H,20,22). The Morgan fingerprint density at radius 2 is 2.00 bits per heavy atom. The number of halogens is 2. The number of rotatable bonds is 7. The summed E-state index contributed by atoms with van der Waals surface area (Å²) in [6.07, 6.45) is 2.46. The fourth-order valence-electron chi connectivity index (χ4n) is 1.89. The Bertz CT molecular complexity index is 510. The third-order valence-corrected chi connectivity index (χ3v) is 2.88. The summed E-state index contributed by atoms with van der Waals surface area (Å²) in [5.41, 5.74) is 0.114. The van der Waals surface area contributed by atoms with Gasteiger partial charge in [0.1, 0.15) is 5.60 Å². The number of carbonyl (C=O) groups excluding carboxylic acids is 1. The second-order valence-electron chi connectivity index (χ2n) is 6.70. The van der Waals surface area contributed by atoms with Crippen molar-refractivity contribution in [2.45, 2.75) is 58.7 Å². The predicted octanol–water partition coefficient (Wildman–Crippen LogP) is 2.71. The molecule has 1 amide bonds. The molecule has 8 heteroatoms. The van der Waals surface area contributed by atoms with Crippen LogP contribution in [-0.4, -0.2) is 40.3 Å². The molecule has 0 unspecified atom stereocenters. The summed E-state index contributed by atoms with van der Waals surface area (Å²) in [5, 5.41) is 4.78. The molecule has 0 bridgehead atoms. The number of imidazole rings is 1. The van der Waals surface area contributed by atoms with Gasteiger partial charge >= 0.3 is 6.09 Å². The van der Waals surface area contributed by atoms with Gasteiger partial charge in [0.15, 0.2) is 0 Å². The van der Waals surface area contributed by atoms with E-state index in [0.717, 1.165) is 5.69 Å². The average Bonchev–Trinajstić information content (AvgIpc) is 2.83. The molecule has 0 saturated carbocycles. The van der Waals surface area contributed by atoms with Crippen molar-refractivity contribution in [3.63, 3.8) is 0 Å². The van der Waals surface area contributed by atoms with Gasteiger partial charge in [0, 0.05) is 18.8 Å². The van der Waals surface area contributed by atoms with Crippen LogP contribution < -0.4 is 10.6 Å². The molecule has 0 spiro atoms. The first-order chi connectivity index (χ1) is 10.5. The molecule has 0 fully saturated rings. The first kappa shape index (κ1) is 19.3. The lowest BCUT2D eigenvalue weighted by atomic mass is 10.2. The van der Waals surface area contributed by atoms with Crippen LogP contribution in [0.2, 0.25) is 0 Å². The maximum Gasteiger partial charge on any atom is 0.407 e. The highest BCUT2D eigenvalue weighted by Gasteiger charge is 2.30. The molecule has 1 aromatic rings. The van der Waals surface area contributed by atoms with Gasteiger partial charge in [-0.3, -0.25) is 0 Å². The second-order valence-corrected chi connectivity index (χ2v) is 6.70. The van der Waals surface area contributed by atoms with Gasteiger partial charge in [-0.05, 0) is 34.6 Å². The molecule has 2 N–H and O–H groups in total. The number of nitrogens with one attached hydrogen (secondary N) is 2. The molecule has 0 aliphatic carbocycles. The molecule has 132 valence electrons. The van der Waals surface area contributed by atoms with Crippen LogP contribution in [0.5, 0.6) is 0 Å². The molecule has 0 radical (unpaired) electrons. The molecular formula is C15H26F2N4O2. The number of aromatic nitrogens is 2. The van der Waals surface area contributed by atoms with Crippen LogP contribution in [-0.2, 0) is 11.3 Å². The Balaban J connectivity index is 2.38. The maximum atomic E-state index is 13.7. The summed E-state index contributed by atoms with van der Waals surface area (Å²) in [7, 11) is 0. The molecular weight excluding hydrogens is 306 g/mol. The van der Waals surface area contributed by atoms with E-state index in [-0.39, 0.29) is 12.6 Å². The van der Waals surface area contributed by atoms with Gasteiger partial charge in [0.05, 0.1) is 25.1 Å². The van der Waals surface area contributed by atoms with E-state index in [0.29, 0.717) is 0 Å². The Hall–Kier alpha value is -1.70. The maximum absolute atomic E-state index is 13.7. The number of ether oxygens (including phenoxy) is 1. The van der Waals surface area contributed by atoms with E-state index in [2.05, 4.69) is 15.6 Å². The fraction of sp³-hybridized carbons (Fsp3) is 0.733. The van der Waals surface area contributed by atoms with Gasteiger partial charge in [-0.25, -0.2) is 18.6 Å². The van der Waals surface area contributed by atoms with Gasteiger partial charge in [-0.15, -0.1) is 0 Å². The Kier molecular flexibility index (Phi) is 6.49. The van der Waals surface area contributed by atoms with Crippen molar-refractivity contribution in [1.82, 2.24) is 20.2 Å². The fourth-order valence-corrected chi connectivity index (χ4v) is 1.89. The molecule has 0 atom stereocenters. The van der Waals surface area contributed by atoms with E-state index in [1.807, 2.05) is 18.4 Å². The molecule has 0 aliphatic heterocycles. The number of hydrogen-bond acceptors (Lipinski definition) is 4. The number of amides is 1. The van der Waals surface area contributed by atoms with Crippen LogP contribution in [0.3, 0.4) is 0 Å². The van der Waals surface area contributed by atoms with E-state index in [9.17, 15) is 13.6 Å². The quantitative estimate of drug-likeness (QED) is 0.805. The number of alkyl carbamates (subject to hydrolysis) is 1. The van der Waals surface area contributed by atoms with Crippen molar-refractivity contribution >= 4 is 6.09 Å². The van der Waals surface area contributed by atoms with E-state index >= 15 is 0 Å². The number of nitrogens with zero attached hydrogens (tertiary/aromatic N) is 2. The third kappa shape index (κ3) is 7.40. The Morgan fingerprint density at radius 3 is 2.57 bits per heavy atom.